The van der Waals surface area contributed by atoms with E-state index >= 15 is 0 Å². The highest BCUT2D eigenvalue weighted by atomic mass is 32.1. The summed E-state index contributed by atoms with van der Waals surface area (Å²) in [5, 5.41) is 4.33. The van der Waals surface area contributed by atoms with Crippen molar-refractivity contribution < 1.29 is 18.7 Å². The first-order chi connectivity index (χ1) is 15.4. The van der Waals surface area contributed by atoms with Crippen molar-refractivity contribution in [2.75, 3.05) is 19.5 Å². The van der Waals surface area contributed by atoms with Crippen LogP contribution in [0.4, 0.5) is 10.1 Å². The molecule has 0 aliphatic carbocycles. The summed E-state index contributed by atoms with van der Waals surface area (Å²) in [6, 6.07) is 12.0. The van der Waals surface area contributed by atoms with Crippen molar-refractivity contribution in [1.82, 2.24) is 9.13 Å². The normalized spacial score (nSPS) is 10.8. The number of aromatic nitrogens is 2. The number of benzene rings is 2. The van der Waals surface area contributed by atoms with Crippen LogP contribution < -0.4 is 26.0 Å². The lowest BCUT2D eigenvalue weighted by Gasteiger charge is -2.14. The molecule has 8 nitrogen and oxygen atoms in total. The molecule has 2 heterocycles. The van der Waals surface area contributed by atoms with Crippen molar-refractivity contribution in [2.24, 2.45) is 0 Å². The van der Waals surface area contributed by atoms with Gasteiger partial charge in [0, 0.05) is 6.07 Å². The average molecular weight is 455 g/mol. The van der Waals surface area contributed by atoms with Crippen molar-refractivity contribution in [2.45, 2.75) is 6.54 Å². The van der Waals surface area contributed by atoms with Gasteiger partial charge in [-0.1, -0.05) is 12.1 Å². The monoisotopic (exact) mass is 455 g/mol. The van der Waals surface area contributed by atoms with Gasteiger partial charge in [0.15, 0.2) is 0 Å². The number of hydrogen-bond acceptors (Lipinski definition) is 6. The lowest BCUT2D eigenvalue weighted by atomic mass is 10.2. The van der Waals surface area contributed by atoms with E-state index in [9.17, 15) is 18.8 Å². The summed E-state index contributed by atoms with van der Waals surface area (Å²) in [7, 11) is 2.95. The lowest BCUT2D eigenvalue weighted by molar-refractivity contribution is -0.116. The molecule has 1 N–H and O–H groups in total. The molecule has 0 aliphatic heterocycles. The topological polar surface area (TPSA) is 91.6 Å². The molecule has 0 fully saturated rings. The first-order valence-electron chi connectivity index (χ1n) is 9.44. The van der Waals surface area contributed by atoms with Crippen LogP contribution in [0.5, 0.6) is 11.5 Å². The Morgan fingerprint density at radius 3 is 2.59 bits per heavy atom. The standard InChI is InChI=1S/C22H18FN3O5S/c1-30-13-7-8-18(31-2)15(11-13)24-19(27)12-25-17-9-10-32-20(17)21(28)26(22(25)29)16-6-4-3-5-14(16)23/h3-11H,12H2,1-2H3,(H,24,27). The Bertz CT molecular complexity index is 1440. The zero-order valence-electron chi connectivity index (χ0n) is 17.1. The van der Waals surface area contributed by atoms with Crippen LogP contribution in [0.25, 0.3) is 15.9 Å². The van der Waals surface area contributed by atoms with Crippen LogP contribution in [0.3, 0.4) is 0 Å². The van der Waals surface area contributed by atoms with Crippen molar-refractivity contribution >= 4 is 33.1 Å². The Hall–Kier alpha value is -3.92. The largest absolute Gasteiger partial charge is 0.497 e. The van der Waals surface area contributed by atoms with Gasteiger partial charge in [0.05, 0.1) is 31.1 Å². The van der Waals surface area contributed by atoms with E-state index < -0.39 is 29.5 Å². The number of halogens is 1. The molecule has 10 heteroatoms. The van der Waals surface area contributed by atoms with E-state index in [1.807, 2.05) is 0 Å². The van der Waals surface area contributed by atoms with Gasteiger partial charge in [-0.2, -0.15) is 0 Å². The van der Waals surface area contributed by atoms with Gasteiger partial charge in [-0.25, -0.2) is 13.8 Å². The van der Waals surface area contributed by atoms with Crippen LogP contribution in [0.15, 0.2) is 63.5 Å². The number of ether oxygens (including phenoxy) is 2. The molecule has 0 saturated heterocycles. The van der Waals surface area contributed by atoms with Crippen LogP contribution in [0.1, 0.15) is 0 Å². The maximum absolute atomic E-state index is 14.4. The van der Waals surface area contributed by atoms with E-state index in [1.165, 1.54) is 32.4 Å². The number of fused-ring (bicyclic) bond motifs is 1. The maximum atomic E-state index is 14.4. The number of methoxy groups -OCH3 is 2. The number of rotatable bonds is 6. The van der Waals surface area contributed by atoms with Crippen molar-refractivity contribution in [3.63, 3.8) is 0 Å². The smallest absolute Gasteiger partial charge is 0.336 e. The maximum Gasteiger partial charge on any atom is 0.336 e. The Morgan fingerprint density at radius 2 is 1.88 bits per heavy atom. The summed E-state index contributed by atoms with van der Waals surface area (Å²) in [4.78, 5) is 39.0. The van der Waals surface area contributed by atoms with Crippen molar-refractivity contribution in [3.05, 3.63) is 80.6 Å². The molecule has 0 saturated carbocycles. The highest BCUT2D eigenvalue weighted by Crippen LogP contribution is 2.29. The number of amides is 1. The van der Waals surface area contributed by atoms with E-state index in [0.29, 0.717) is 22.7 Å². The molecule has 0 atom stereocenters. The third-order valence-electron chi connectivity index (χ3n) is 4.83. The van der Waals surface area contributed by atoms with E-state index in [1.54, 1.807) is 29.6 Å². The molecular weight excluding hydrogens is 437 g/mol. The fraction of sp³-hybridized carbons (Fsp3) is 0.136. The van der Waals surface area contributed by atoms with E-state index in [0.717, 1.165) is 26.5 Å². The van der Waals surface area contributed by atoms with Gasteiger partial charge in [0.25, 0.3) is 5.56 Å². The van der Waals surface area contributed by atoms with Gasteiger partial charge in [0.1, 0.15) is 28.6 Å². The second-order valence-corrected chi connectivity index (χ2v) is 7.63. The molecule has 32 heavy (non-hydrogen) atoms. The molecule has 0 unspecified atom stereocenters. The minimum Gasteiger partial charge on any atom is -0.497 e. The molecule has 0 radical (unpaired) electrons. The number of para-hydroxylation sites is 1. The summed E-state index contributed by atoms with van der Waals surface area (Å²) in [5.74, 6) is -0.347. The van der Waals surface area contributed by atoms with Gasteiger partial charge < -0.3 is 14.8 Å². The summed E-state index contributed by atoms with van der Waals surface area (Å²) >= 11 is 1.11. The minimum absolute atomic E-state index is 0.179. The first kappa shape index (κ1) is 21.3. The quantitative estimate of drug-likeness (QED) is 0.483. The van der Waals surface area contributed by atoms with Crippen molar-refractivity contribution in [1.29, 1.82) is 0 Å². The molecule has 0 spiro atoms. The highest BCUT2D eigenvalue weighted by Gasteiger charge is 2.20. The van der Waals surface area contributed by atoms with Gasteiger partial charge in [0.2, 0.25) is 5.91 Å². The molecule has 4 aromatic rings. The second-order valence-electron chi connectivity index (χ2n) is 6.71. The number of nitrogens with zero attached hydrogens (tertiary/aromatic N) is 2. The van der Waals surface area contributed by atoms with Gasteiger partial charge in [-0.3, -0.25) is 14.2 Å². The third kappa shape index (κ3) is 3.76. The van der Waals surface area contributed by atoms with Crippen LogP contribution >= 0.6 is 11.3 Å². The van der Waals surface area contributed by atoms with Gasteiger partial charge in [-0.05, 0) is 35.7 Å². The van der Waals surface area contributed by atoms with Crippen molar-refractivity contribution in [3.8, 4) is 17.2 Å². The molecule has 2 aromatic carbocycles. The van der Waals surface area contributed by atoms with E-state index in [2.05, 4.69) is 5.32 Å². The summed E-state index contributed by atoms with van der Waals surface area (Å²) in [6.07, 6.45) is 0. The minimum atomic E-state index is -0.821. The SMILES string of the molecule is COc1ccc(OC)c(NC(=O)Cn2c(=O)n(-c3ccccc3F)c(=O)c3sccc32)c1. The van der Waals surface area contributed by atoms with Crippen LogP contribution in [-0.4, -0.2) is 29.3 Å². The summed E-state index contributed by atoms with van der Waals surface area (Å²) < 4.78 is 26.9. The van der Waals surface area contributed by atoms with Crippen LogP contribution in [0.2, 0.25) is 0 Å². The Morgan fingerprint density at radius 1 is 1.09 bits per heavy atom. The summed E-state index contributed by atoms with van der Waals surface area (Å²) in [6.45, 7) is -0.402. The molecule has 0 bridgehead atoms. The van der Waals surface area contributed by atoms with Crippen LogP contribution in [0, 0.1) is 5.82 Å². The van der Waals surface area contributed by atoms with E-state index in [4.69, 9.17) is 9.47 Å². The zero-order valence-corrected chi connectivity index (χ0v) is 17.9. The molecule has 0 aliphatic rings. The van der Waals surface area contributed by atoms with Gasteiger partial charge in [-0.15, -0.1) is 11.3 Å². The number of anilines is 1. The predicted molar refractivity (Wildman–Crippen MR) is 120 cm³/mol. The lowest BCUT2D eigenvalue weighted by Crippen LogP contribution is -2.40. The Balaban J connectivity index is 1.78. The molecular formula is C22H18FN3O5S. The van der Waals surface area contributed by atoms with Gasteiger partial charge >= 0.3 is 5.69 Å². The number of carbonyl (C=O) groups is 1. The molecule has 2 aromatic heterocycles. The molecule has 164 valence electrons. The first-order valence-corrected chi connectivity index (χ1v) is 10.3. The zero-order chi connectivity index (χ0) is 22.8. The fourth-order valence-electron chi connectivity index (χ4n) is 3.33. The number of carbonyl (C=O) groups excluding carboxylic acids is 1. The Labute approximate surface area is 185 Å². The third-order valence-corrected chi connectivity index (χ3v) is 5.72. The highest BCUT2D eigenvalue weighted by molar-refractivity contribution is 7.17. The average Bonchev–Trinajstić information content (AvgIpc) is 3.28. The second kappa shape index (κ2) is 8.67. The van der Waals surface area contributed by atoms with Crippen LogP contribution in [-0.2, 0) is 11.3 Å². The number of hydrogen-bond donors (Lipinski definition) is 1. The van der Waals surface area contributed by atoms with E-state index in [-0.39, 0.29) is 10.4 Å². The molecule has 1 amide bonds. The number of thiophene rings is 1. The Kier molecular flexibility index (Phi) is 5.78. The molecule has 4 rings (SSSR count). The predicted octanol–water partition coefficient (Wildman–Crippen LogP) is 3.01. The summed E-state index contributed by atoms with van der Waals surface area (Å²) in [5.41, 5.74) is -0.990. The number of nitrogens with one attached hydrogen (secondary N) is 1. The fourth-order valence-corrected chi connectivity index (χ4v) is 4.15.